The fourth-order valence-corrected chi connectivity index (χ4v) is 2.68. The number of nitrogens with zero attached hydrogens (tertiary/aromatic N) is 1. The van der Waals surface area contributed by atoms with Gasteiger partial charge in [-0.25, -0.2) is 5.43 Å². The fourth-order valence-electron chi connectivity index (χ4n) is 2.68. The van der Waals surface area contributed by atoms with Crippen molar-refractivity contribution < 1.29 is 36.7 Å². The maximum absolute atomic E-state index is 12.8. The maximum Gasteiger partial charge on any atom is 0.416 e. The monoisotopic (exact) mass is 488 g/mol. The lowest BCUT2D eigenvalue weighted by Gasteiger charge is -2.10. The number of amides is 3. The van der Waals surface area contributed by atoms with Crippen molar-refractivity contribution in [3.8, 4) is 5.75 Å². The van der Waals surface area contributed by atoms with Gasteiger partial charge in [0.2, 0.25) is 0 Å². The molecule has 3 amide bonds. The van der Waals surface area contributed by atoms with Crippen LogP contribution in [0.15, 0.2) is 76.4 Å². The first-order valence-corrected chi connectivity index (χ1v) is 10.0. The number of carbonyl (C=O) groups is 3. The summed E-state index contributed by atoms with van der Waals surface area (Å²) in [6.07, 6.45) is -1.83. The van der Waals surface area contributed by atoms with Gasteiger partial charge in [0.1, 0.15) is 11.5 Å². The normalized spacial score (nSPS) is 11.2. The minimum absolute atomic E-state index is 0.0155. The van der Waals surface area contributed by atoms with E-state index in [4.69, 9.17) is 9.15 Å². The van der Waals surface area contributed by atoms with Gasteiger partial charge in [-0.2, -0.15) is 18.3 Å². The second kappa shape index (κ2) is 11.5. The number of hydrogen-bond acceptors (Lipinski definition) is 6. The Balaban J connectivity index is 1.46. The van der Waals surface area contributed by atoms with Gasteiger partial charge in [-0.1, -0.05) is 18.2 Å². The molecule has 3 aromatic rings. The predicted molar refractivity (Wildman–Crippen MR) is 118 cm³/mol. The third-order valence-electron chi connectivity index (χ3n) is 4.29. The van der Waals surface area contributed by atoms with E-state index >= 15 is 0 Å². The van der Waals surface area contributed by atoms with Crippen molar-refractivity contribution in [1.29, 1.82) is 0 Å². The number of rotatable bonds is 8. The summed E-state index contributed by atoms with van der Waals surface area (Å²) in [5.41, 5.74) is 1.66. The zero-order valence-electron chi connectivity index (χ0n) is 18.0. The Morgan fingerprint density at radius 2 is 1.80 bits per heavy atom. The molecule has 0 unspecified atom stereocenters. The van der Waals surface area contributed by atoms with Gasteiger partial charge in [0, 0.05) is 5.69 Å². The molecule has 0 bridgehead atoms. The van der Waals surface area contributed by atoms with E-state index in [9.17, 15) is 27.6 Å². The van der Waals surface area contributed by atoms with E-state index in [1.54, 1.807) is 30.3 Å². The summed E-state index contributed by atoms with van der Waals surface area (Å²) in [5.74, 6) is -1.78. The molecular formula is C23H19F3N4O5. The van der Waals surface area contributed by atoms with Crippen LogP contribution in [0.3, 0.4) is 0 Å². The van der Waals surface area contributed by atoms with Crippen molar-refractivity contribution in [3.63, 3.8) is 0 Å². The number of alkyl halides is 3. The first-order chi connectivity index (χ1) is 16.7. The highest BCUT2D eigenvalue weighted by atomic mass is 19.4. The summed E-state index contributed by atoms with van der Waals surface area (Å²) in [7, 11) is 0. The Morgan fingerprint density at radius 1 is 1.00 bits per heavy atom. The zero-order valence-corrected chi connectivity index (χ0v) is 18.0. The van der Waals surface area contributed by atoms with Gasteiger partial charge in [-0.3, -0.25) is 14.4 Å². The molecule has 0 aliphatic carbocycles. The molecule has 9 nitrogen and oxygen atoms in total. The van der Waals surface area contributed by atoms with Crippen LogP contribution in [0.4, 0.5) is 18.9 Å². The molecule has 0 aliphatic rings. The van der Waals surface area contributed by atoms with Gasteiger partial charge in [0.05, 0.1) is 24.6 Å². The number of nitrogens with one attached hydrogen (secondary N) is 3. The first-order valence-electron chi connectivity index (χ1n) is 10.0. The van der Waals surface area contributed by atoms with Gasteiger partial charge in [0.25, 0.3) is 5.91 Å². The number of benzene rings is 2. The molecule has 3 rings (SSSR count). The molecule has 2 aromatic carbocycles. The van der Waals surface area contributed by atoms with Crippen LogP contribution in [0.5, 0.6) is 5.75 Å². The molecule has 35 heavy (non-hydrogen) atoms. The van der Waals surface area contributed by atoms with Crippen LogP contribution < -0.4 is 20.8 Å². The van der Waals surface area contributed by atoms with Crippen LogP contribution in [0.2, 0.25) is 0 Å². The third kappa shape index (κ3) is 8.03. The minimum Gasteiger partial charge on any atom is -0.484 e. The Kier molecular flexibility index (Phi) is 8.22. The molecule has 0 saturated heterocycles. The summed E-state index contributed by atoms with van der Waals surface area (Å²) >= 11 is 0. The SMILES string of the molecule is O=C(COc1cccc(/C=N\NC(=O)C(=O)NCc2ccco2)c1)Nc1cccc(C(F)(F)F)c1. The van der Waals surface area contributed by atoms with Gasteiger partial charge < -0.3 is 19.8 Å². The largest absolute Gasteiger partial charge is 0.484 e. The predicted octanol–water partition coefficient (Wildman–Crippen LogP) is 3.08. The second-order valence-electron chi connectivity index (χ2n) is 6.95. The summed E-state index contributed by atoms with van der Waals surface area (Å²) < 4.78 is 48.7. The van der Waals surface area contributed by atoms with Crippen LogP contribution in [0.25, 0.3) is 0 Å². The number of furan rings is 1. The van der Waals surface area contributed by atoms with Gasteiger partial charge in [0.15, 0.2) is 6.61 Å². The quantitative estimate of drug-likeness (QED) is 0.256. The van der Waals surface area contributed by atoms with E-state index < -0.39 is 36.1 Å². The summed E-state index contributed by atoms with van der Waals surface area (Å²) in [6.45, 7) is -0.410. The molecule has 0 radical (unpaired) electrons. The number of hydrogen-bond donors (Lipinski definition) is 3. The van der Waals surface area contributed by atoms with E-state index in [2.05, 4.69) is 21.2 Å². The standard InChI is InChI=1S/C23H19F3N4O5/c24-23(25,26)16-5-2-6-17(11-16)29-20(31)14-35-18-7-1-4-15(10-18)12-28-30-22(33)21(32)27-13-19-8-3-9-34-19/h1-12H,13-14H2,(H,27,32)(H,29,31)(H,30,33)/b28-12-. The van der Waals surface area contributed by atoms with Crippen molar-refractivity contribution >= 4 is 29.6 Å². The molecule has 0 saturated carbocycles. The van der Waals surface area contributed by atoms with E-state index in [0.29, 0.717) is 11.3 Å². The zero-order chi connectivity index (χ0) is 25.3. The lowest BCUT2D eigenvalue weighted by molar-refractivity contribution is -0.139. The summed E-state index contributed by atoms with van der Waals surface area (Å²) in [5, 5.41) is 8.39. The molecule has 0 atom stereocenters. The maximum atomic E-state index is 12.8. The van der Waals surface area contributed by atoms with Crippen molar-refractivity contribution in [3.05, 3.63) is 83.8 Å². The highest BCUT2D eigenvalue weighted by Crippen LogP contribution is 2.30. The average Bonchev–Trinajstić information content (AvgIpc) is 3.35. The number of ether oxygens (including phenoxy) is 1. The Labute approximate surface area is 197 Å². The molecule has 0 fully saturated rings. The van der Waals surface area contributed by atoms with Crippen LogP contribution in [-0.4, -0.2) is 30.5 Å². The Hall–Kier alpha value is -4.61. The number of hydrazone groups is 1. The molecule has 1 heterocycles. The van der Waals surface area contributed by atoms with Crippen LogP contribution in [-0.2, 0) is 27.1 Å². The van der Waals surface area contributed by atoms with E-state index in [-0.39, 0.29) is 18.0 Å². The Morgan fingerprint density at radius 3 is 2.54 bits per heavy atom. The van der Waals surface area contributed by atoms with Crippen molar-refractivity contribution in [2.45, 2.75) is 12.7 Å². The molecule has 3 N–H and O–H groups in total. The summed E-state index contributed by atoms with van der Waals surface area (Å²) in [6, 6.07) is 13.8. The third-order valence-corrected chi connectivity index (χ3v) is 4.29. The van der Waals surface area contributed by atoms with Crippen LogP contribution >= 0.6 is 0 Å². The van der Waals surface area contributed by atoms with E-state index in [0.717, 1.165) is 12.1 Å². The van der Waals surface area contributed by atoms with Crippen molar-refractivity contribution in [2.24, 2.45) is 5.10 Å². The number of halogens is 3. The lowest BCUT2D eigenvalue weighted by atomic mass is 10.2. The molecule has 0 aliphatic heterocycles. The topological polar surface area (TPSA) is 122 Å². The van der Waals surface area contributed by atoms with Crippen molar-refractivity contribution in [2.75, 3.05) is 11.9 Å². The highest BCUT2D eigenvalue weighted by molar-refractivity contribution is 6.35. The lowest BCUT2D eigenvalue weighted by Crippen LogP contribution is -2.37. The second-order valence-corrected chi connectivity index (χ2v) is 6.95. The van der Waals surface area contributed by atoms with Gasteiger partial charge in [-0.05, 0) is 48.0 Å². The minimum atomic E-state index is -4.53. The molecular weight excluding hydrogens is 469 g/mol. The van der Waals surface area contributed by atoms with E-state index in [1.807, 2.05) is 0 Å². The molecule has 12 heteroatoms. The summed E-state index contributed by atoms with van der Waals surface area (Å²) in [4.78, 5) is 35.5. The highest BCUT2D eigenvalue weighted by Gasteiger charge is 2.30. The van der Waals surface area contributed by atoms with Crippen LogP contribution in [0, 0.1) is 0 Å². The molecule has 1 aromatic heterocycles. The smallest absolute Gasteiger partial charge is 0.416 e. The average molecular weight is 488 g/mol. The fraction of sp³-hybridized carbons (Fsp3) is 0.130. The number of carbonyl (C=O) groups excluding carboxylic acids is 3. The van der Waals surface area contributed by atoms with Crippen molar-refractivity contribution in [1.82, 2.24) is 10.7 Å². The number of anilines is 1. The molecule has 0 spiro atoms. The van der Waals surface area contributed by atoms with Gasteiger partial charge >= 0.3 is 18.0 Å². The molecule has 182 valence electrons. The van der Waals surface area contributed by atoms with Gasteiger partial charge in [-0.15, -0.1) is 0 Å². The van der Waals surface area contributed by atoms with Crippen LogP contribution in [0.1, 0.15) is 16.9 Å². The first kappa shape index (κ1) is 25.0. The van der Waals surface area contributed by atoms with E-state index in [1.165, 1.54) is 30.7 Å². The Bertz CT molecular complexity index is 1210.